The minimum absolute atomic E-state index is 0.120. The molecule has 2 rings (SSSR count). The lowest BCUT2D eigenvalue weighted by atomic mass is 10.2. The maximum absolute atomic E-state index is 9.17. The second-order valence-electron chi connectivity index (χ2n) is 3.36. The number of hydrogen-bond acceptors (Lipinski definition) is 4. The Morgan fingerprint density at radius 3 is 2.71 bits per heavy atom. The smallest absolute Gasteiger partial charge is 0.166 e. The van der Waals surface area contributed by atoms with Gasteiger partial charge in [0.05, 0.1) is 6.61 Å². The summed E-state index contributed by atoms with van der Waals surface area (Å²) in [7, 11) is 0. The Hall–Kier alpha value is -1.65. The predicted molar refractivity (Wildman–Crippen MR) is 63.7 cm³/mol. The fraction of sp³-hybridized carbons (Fsp3) is 0.167. The van der Waals surface area contributed by atoms with Crippen molar-refractivity contribution in [1.82, 2.24) is 9.97 Å². The van der Waals surface area contributed by atoms with Gasteiger partial charge in [0.2, 0.25) is 0 Å². The summed E-state index contributed by atoms with van der Waals surface area (Å²) in [6.45, 7) is 0.140. The minimum Gasteiger partial charge on any atom is -0.485 e. The second kappa shape index (κ2) is 5.61. The molecule has 0 aliphatic heterocycles. The van der Waals surface area contributed by atoms with Crippen LogP contribution in [0, 0.1) is 0 Å². The van der Waals surface area contributed by atoms with Gasteiger partial charge in [-0.05, 0) is 24.3 Å². The molecule has 0 saturated heterocycles. The van der Waals surface area contributed by atoms with E-state index in [1.807, 2.05) is 0 Å². The lowest BCUT2D eigenvalue weighted by Crippen LogP contribution is -2.02. The summed E-state index contributed by atoms with van der Waals surface area (Å²) in [4.78, 5) is 8.08. The maximum atomic E-state index is 9.17. The number of aliphatic hydroxyl groups is 1. The molecule has 0 unspecified atom stereocenters. The van der Waals surface area contributed by atoms with E-state index < -0.39 is 0 Å². The Kier molecular flexibility index (Phi) is 3.90. The highest BCUT2D eigenvalue weighted by Crippen LogP contribution is 2.23. The van der Waals surface area contributed by atoms with Gasteiger partial charge in [-0.1, -0.05) is 11.6 Å². The van der Waals surface area contributed by atoms with E-state index in [4.69, 9.17) is 16.3 Å². The van der Waals surface area contributed by atoms with E-state index in [0.29, 0.717) is 22.2 Å². The largest absolute Gasteiger partial charge is 0.485 e. The highest BCUT2D eigenvalue weighted by molar-refractivity contribution is 6.30. The highest BCUT2D eigenvalue weighted by Gasteiger charge is 2.04. The van der Waals surface area contributed by atoms with Crippen molar-refractivity contribution in [3.8, 4) is 5.75 Å². The maximum Gasteiger partial charge on any atom is 0.166 e. The number of hydrogen-bond donors (Lipinski definition) is 1. The van der Waals surface area contributed by atoms with Crippen molar-refractivity contribution in [3.05, 3.63) is 53.1 Å². The van der Waals surface area contributed by atoms with Gasteiger partial charge in [-0.25, -0.2) is 9.97 Å². The van der Waals surface area contributed by atoms with Crippen LogP contribution in [0.5, 0.6) is 5.75 Å². The molecule has 1 aromatic carbocycles. The fourth-order valence-corrected chi connectivity index (χ4v) is 1.55. The van der Waals surface area contributed by atoms with Gasteiger partial charge in [-0.3, -0.25) is 0 Å². The molecule has 0 fully saturated rings. The molecule has 4 nitrogen and oxygen atoms in total. The molecule has 1 heterocycles. The summed E-state index contributed by atoms with van der Waals surface area (Å²) < 4.78 is 5.53. The zero-order valence-corrected chi connectivity index (χ0v) is 9.76. The topological polar surface area (TPSA) is 55.2 Å². The van der Waals surface area contributed by atoms with Crippen molar-refractivity contribution in [3.63, 3.8) is 0 Å². The number of nitrogens with zero attached hydrogens (tertiary/aromatic N) is 2. The number of rotatable bonds is 4. The standard InChI is InChI=1S/C12H11ClN2O2/c13-10-2-3-11(9(6-10)7-16)17-8-12-14-4-1-5-15-12/h1-6,16H,7-8H2. The molecular weight excluding hydrogens is 240 g/mol. The molecule has 0 bridgehead atoms. The van der Waals surface area contributed by atoms with Crippen molar-refractivity contribution in [2.24, 2.45) is 0 Å². The lowest BCUT2D eigenvalue weighted by Gasteiger charge is -2.09. The average molecular weight is 251 g/mol. The molecule has 0 aliphatic rings. The van der Waals surface area contributed by atoms with Gasteiger partial charge in [-0.15, -0.1) is 0 Å². The molecule has 88 valence electrons. The first-order chi connectivity index (χ1) is 8.29. The van der Waals surface area contributed by atoms with Gasteiger partial charge < -0.3 is 9.84 Å². The van der Waals surface area contributed by atoms with Gasteiger partial charge in [0.1, 0.15) is 12.4 Å². The SMILES string of the molecule is OCc1cc(Cl)ccc1OCc1ncccn1. The van der Waals surface area contributed by atoms with Crippen LogP contribution in [-0.2, 0) is 13.2 Å². The third-order valence-corrected chi connectivity index (χ3v) is 2.40. The van der Waals surface area contributed by atoms with E-state index >= 15 is 0 Å². The summed E-state index contributed by atoms with van der Waals surface area (Å²) in [5.74, 6) is 1.18. The number of halogens is 1. The van der Waals surface area contributed by atoms with Crippen LogP contribution in [0.15, 0.2) is 36.7 Å². The average Bonchev–Trinajstić information content (AvgIpc) is 2.38. The van der Waals surface area contributed by atoms with Gasteiger partial charge in [0, 0.05) is 23.0 Å². The molecule has 2 aromatic rings. The molecule has 0 aliphatic carbocycles. The van der Waals surface area contributed by atoms with Crippen molar-refractivity contribution in [2.45, 2.75) is 13.2 Å². The normalized spacial score (nSPS) is 10.2. The third kappa shape index (κ3) is 3.15. The predicted octanol–water partition coefficient (Wildman–Crippen LogP) is 2.20. The fourth-order valence-electron chi connectivity index (χ4n) is 1.36. The van der Waals surface area contributed by atoms with Crippen LogP contribution in [0.25, 0.3) is 0 Å². The van der Waals surface area contributed by atoms with Gasteiger partial charge in [0.15, 0.2) is 5.82 Å². The summed E-state index contributed by atoms with van der Waals surface area (Å²) in [5, 5.41) is 9.74. The van der Waals surface area contributed by atoms with Gasteiger partial charge >= 0.3 is 0 Å². The van der Waals surface area contributed by atoms with Crippen LogP contribution >= 0.6 is 11.6 Å². The van der Waals surface area contributed by atoms with Crippen LogP contribution < -0.4 is 4.74 Å². The molecule has 0 saturated carbocycles. The Labute approximate surface area is 104 Å². The van der Waals surface area contributed by atoms with E-state index in [2.05, 4.69) is 9.97 Å². The Morgan fingerprint density at radius 1 is 1.24 bits per heavy atom. The first-order valence-corrected chi connectivity index (χ1v) is 5.45. The van der Waals surface area contributed by atoms with E-state index in [1.54, 1.807) is 36.7 Å². The minimum atomic E-state index is -0.120. The van der Waals surface area contributed by atoms with Crippen molar-refractivity contribution >= 4 is 11.6 Å². The molecule has 0 radical (unpaired) electrons. The molecule has 5 heteroatoms. The zero-order valence-electron chi connectivity index (χ0n) is 9.01. The summed E-state index contributed by atoms with van der Waals surface area (Å²) in [6.07, 6.45) is 3.31. The first-order valence-electron chi connectivity index (χ1n) is 5.07. The third-order valence-electron chi connectivity index (χ3n) is 2.17. The molecule has 1 N–H and O–H groups in total. The summed E-state index contributed by atoms with van der Waals surface area (Å²) in [6, 6.07) is 6.84. The van der Waals surface area contributed by atoms with E-state index in [0.717, 1.165) is 0 Å². The zero-order chi connectivity index (χ0) is 12.1. The van der Waals surface area contributed by atoms with Gasteiger partial charge in [0.25, 0.3) is 0 Å². The lowest BCUT2D eigenvalue weighted by molar-refractivity contribution is 0.255. The Bertz CT molecular complexity index is 491. The van der Waals surface area contributed by atoms with Crippen LogP contribution in [-0.4, -0.2) is 15.1 Å². The molecular formula is C12H11ClN2O2. The van der Waals surface area contributed by atoms with Crippen LogP contribution in [0.2, 0.25) is 5.02 Å². The number of aliphatic hydroxyl groups excluding tert-OH is 1. The first kappa shape index (κ1) is 11.8. The Morgan fingerprint density at radius 2 is 2.00 bits per heavy atom. The quantitative estimate of drug-likeness (QED) is 0.904. The van der Waals surface area contributed by atoms with E-state index in [9.17, 15) is 5.11 Å². The number of aromatic nitrogens is 2. The van der Waals surface area contributed by atoms with Gasteiger partial charge in [-0.2, -0.15) is 0 Å². The van der Waals surface area contributed by atoms with Crippen molar-refractivity contribution in [2.75, 3.05) is 0 Å². The molecule has 17 heavy (non-hydrogen) atoms. The summed E-state index contributed by atoms with van der Waals surface area (Å²) >= 11 is 5.82. The number of ether oxygens (including phenoxy) is 1. The Balaban J connectivity index is 2.09. The monoisotopic (exact) mass is 250 g/mol. The molecule has 0 atom stereocenters. The molecule has 0 amide bonds. The van der Waals surface area contributed by atoms with Crippen molar-refractivity contribution < 1.29 is 9.84 Å². The second-order valence-corrected chi connectivity index (χ2v) is 3.80. The van der Waals surface area contributed by atoms with E-state index in [-0.39, 0.29) is 13.2 Å². The van der Waals surface area contributed by atoms with Crippen molar-refractivity contribution in [1.29, 1.82) is 0 Å². The number of benzene rings is 1. The van der Waals surface area contributed by atoms with Crippen LogP contribution in [0.3, 0.4) is 0 Å². The highest BCUT2D eigenvalue weighted by atomic mass is 35.5. The molecule has 0 spiro atoms. The van der Waals surface area contributed by atoms with Crippen LogP contribution in [0.1, 0.15) is 11.4 Å². The van der Waals surface area contributed by atoms with E-state index in [1.165, 1.54) is 0 Å². The summed E-state index contributed by atoms with van der Waals surface area (Å²) in [5.41, 5.74) is 0.647. The van der Waals surface area contributed by atoms with Crippen LogP contribution in [0.4, 0.5) is 0 Å². The molecule has 1 aromatic heterocycles.